The van der Waals surface area contributed by atoms with Gasteiger partial charge < -0.3 is 4.74 Å². The van der Waals surface area contributed by atoms with Crippen LogP contribution in [0.4, 0.5) is 0 Å². The monoisotopic (exact) mass is 191 g/mol. The topological polar surface area (TPSA) is 9.23 Å². The van der Waals surface area contributed by atoms with Crippen LogP contribution in [0, 0.1) is 6.07 Å². The van der Waals surface area contributed by atoms with Crippen molar-refractivity contribution < 1.29 is 4.74 Å². The van der Waals surface area contributed by atoms with E-state index < -0.39 is 0 Å². The first-order valence-electron chi connectivity index (χ1n) is 5.32. The van der Waals surface area contributed by atoms with Gasteiger partial charge in [-0.2, -0.15) is 0 Å². The highest BCUT2D eigenvalue weighted by Crippen LogP contribution is 2.22. The molecule has 0 aliphatic heterocycles. The van der Waals surface area contributed by atoms with E-state index in [2.05, 4.69) is 26.0 Å². The molecule has 1 nitrogen and oxygen atoms in total. The molecule has 1 aromatic rings. The van der Waals surface area contributed by atoms with Gasteiger partial charge in [0.15, 0.2) is 0 Å². The van der Waals surface area contributed by atoms with Gasteiger partial charge in [0.25, 0.3) is 0 Å². The first kappa shape index (κ1) is 11.1. The molecule has 1 rings (SSSR count). The van der Waals surface area contributed by atoms with E-state index >= 15 is 0 Å². The van der Waals surface area contributed by atoms with Gasteiger partial charge in [0.1, 0.15) is 5.75 Å². The second kappa shape index (κ2) is 5.04. The molecule has 0 fully saturated rings. The van der Waals surface area contributed by atoms with Gasteiger partial charge in [-0.15, -0.1) is 0 Å². The minimum Gasteiger partial charge on any atom is -0.490 e. The molecular weight excluding hydrogens is 172 g/mol. The summed E-state index contributed by atoms with van der Waals surface area (Å²) in [7, 11) is 0. The summed E-state index contributed by atoms with van der Waals surface area (Å²) in [5.74, 6) is 1.42. The average Bonchev–Trinajstić information content (AvgIpc) is 2.16. The standard InChI is InChI=1S/C13H19O/c1-5-11(4)12-7-6-8-13(9-12)14-10(2)3/h6-8,10-11H,5H2,1-4H3. The van der Waals surface area contributed by atoms with Crippen LogP contribution in [0.1, 0.15) is 45.6 Å². The Morgan fingerprint density at radius 1 is 1.29 bits per heavy atom. The van der Waals surface area contributed by atoms with Crippen LogP contribution < -0.4 is 4.74 Å². The van der Waals surface area contributed by atoms with Gasteiger partial charge in [-0.05, 0) is 37.8 Å². The Kier molecular flexibility index (Phi) is 3.99. The molecule has 0 bridgehead atoms. The zero-order valence-electron chi connectivity index (χ0n) is 9.50. The van der Waals surface area contributed by atoms with E-state index in [1.54, 1.807) is 0 Å². The molecule has 14 heavy (non-hydrogen) atoms. The molecule has 1 aromatic carbocycles. The van der Waals surface area contributed by atoms with Crippen molar-refractivity contribution in [2.75, 3.05) is 0 Å². The molecule has 0 aliphatic rings. The molecule has 77 valence electrons. The van der Waals surface area contributed by atoms with Crippen LogP contribution >= 0.6 is 0 Å². The van der Waals surface area contributed by atoms with E-state index in [1.165, 1.54) is 5.56 Å². The van der Waals surface area contributed by atoms with Gasteiger partial charge in [-0.3, -0.25) is 0 Å². The fourth-order valence-electron chi connectivity index (χ4n) is 1.29. The van der Waals surface area contributed by atoms with Gasteiger partial charge in [0.2, 0.25) is 0 Å². The molecule has 0 saturated heterocycles. The van der Waals surface area contributed by atoms with Crippen molar-refractivity contribution in [1.29, 1.82) is 0 Å². The van der Waals surface area contributed by atoms with Crippen molar-refractivity contribution in [3.05, 3.63) is 29.8 Å². The Balaban J connectivity index is 2.78. The second-order valence-electron chi connectivity index (χ2n) is 3.95. The van der Waals surface area contributed by atoms with Crippen LogP contribution in [-0.2, 0) is 0 Å². The molecule has 0 saturated carbocycles. The van der Waals surface area contributed by atoms with E-state index in [-0.39, 0.29) is 6.10 Å². The molecule has 0 heterocycles. The fraction of sp³-hybridized carbons (Fsp3) is 0.538. The highest BCUT2D eigenvalue weighted by molar-refractivity contribution is 5.28. The first-order valence-corrected chi connectivity index (χ1v) is 5.32. The highest BCUT2D eigenvalue weighted by atomic mass is 16.5. The lowest BCUT2D eigenvalue weighted by molar-refractivity contribution is 0.241. The number of hydrogen-bond donors (Lipinski definition) is 0. The summed E-state index contributed by atoms with van der Waals surface area (Å²) < 4.78 is 5.59. The van der Waals surface area contributed by atoms with Crippen LogP contribution in [-0.4, -0.2) is 6.10 Å². The molecule has 1 atom stereocenters. The molecule has 0 amide bonds. The molecule has 1 radical (unpaired) electrons. The third-order valence-electron chi connectivity index (χ3n) is 2.30. The van der Waals surface area contributed by atoms with Gasteiger partial charge in [-0.25, -0.2) is 0 Å². The molecule has 0 spiro atoms. The van der Waals surface area contributed by atoms with Gasteiger partial charge in [0, 0.05) is 6.07 Å². The van der Waals surface area contributed by atoms with E-state index in [0.29, 0.717) is 5.92 Å². The SMILES string of the molecule is CCC(C)c1[c]c(OC(C)C)ccc1. The Morgan fingerprint density at radius 3 is 2.57 bits per heavy atom. The third-order valence-corrected chi connectivity index (χ3v) is 2.30. The Labute approximate surface area is 87.1 Å². The average molecular weight is 191 g/mol. The summed E-state index contributed by atoms with van der Waals surface area (Å²) >= 11 is 0. The summed E-state index contributed by atoms with van der Waals surface area (Å²) in [5.41, 5.74) is 1.24. The molecule has 0 N–H and O–H groups in total. The summed E-state index contributed by atoms with van der Waals surface area (Å²) in [6.07, 6.45) is 1.36. The predicted molar refractivity (Wildman–Crippen MR) is 59.7 cm³/mol. The molecule has 1 unspecified atom stereocenters. The number of rotatable bonds is 4. The molecule has 0 aliphatic carbocycles. The van der Waals surface area contributed by atoms with Crippen LogP contribution in [0.3, 0.4) is 0 Å². The van der Waals surface area contributed by atoms with Gasteiger partial charge in [0.05, 0.1) is 6.10 Å². The van der Waals surface area contributed by atoms with E-state index in [9.17, 15) is 0 Å². The van der Waals surface area contributed by atoms with E-state index in [0.717, 1.165) is 12.2 Å². The quantitative estimate of drug-likeness (QED) is 0.703. The summed E-state index contributed by atoms with van der Waals surface area (Å²) in [4.78, 5) is 0. The fourth-order valence-corrected chi connectivity index (χ4v) is 1.29. The van der Waals surface area contributed by atoms with Crippen molar-refractivity contribution >= 4 is 0 Å². The predicted octanol–water partition coefficient (Wildman–Crippen LogP) is 3.79. The summed E-state index contributed by atoms with van der Waals surface area (Å²) in [6.45, 7) is 8.47. The zero-order valence-corrected chi connectivity index (χ0v) is 9.50. The third kappa shape index (κ3) is 3.06. The van der Waals surface area contributed by atoms with Crippen molar-refractivity contribution in [1.82, 2.24) is 0 Å². The van der Waals surface area contributed by atoms with Gasteiger partial charge >= 0.3 is 0 Å². The zero-order chi connectivity index (χ0) is 10.6. The minimum absolute atomic E-state index is 0.221. The summed E-state index contributed by atoms with van der Waals surface area (Å²) in [6, 6.07) is 9.42. The van der Waals surface area contributed by atoms with E-state index in [4.69, 9.17) is 4.74 Å². The number of ether oxygens (including phenoxy) is 1. The smallest absolute Gasteiger partial charge is 0.127 e. The van der Waals surface area contributed by atoms with Crippen LogP contribution in [0.15, 0.2) is 18.2 Å². The number of hydrogen-bond acceptors (Lipinski definition) is 1. The van der Waals surface area contributed by atoms with Gasteiger partial charge in [-0.1, -0.05) is 26.0 Å². The maximum atomic E-state index is 5.59. The van der Waals surface area contributed by atoms with Crippen molar-refractivity contribution in [3.63, 3.8) is 0 Å². The van der Waals surface area contributed by atoms with Crippen molar-refractivity contribution in [3.8, 4) is 5.75 Å². The lowest BCUT2D eigenvalue weighted by Crippen LogP contribution is -2.06. The lowest BCUT2D eigenvalue weighted by Gasteiger charge is -2.12. The maximum Gasteiger partial charge on any atom is 0.127 e. The largest absolute Gasteiger partial charge is 0.490 e. The van der Waals surface area contributed by atoms with Crippen LogP contribution in [0.5, 0.6) is 5.75 Å². The lowest BCUT2D eigenvalue weighted by atomic mass is 9.99. The van der Waals surface area contributed by atoms with Crippen LogP contribution in [0.2, 0.25) is 0 Å². The Morgan fingerprint density at radius 2 is 2.00 bits per heavy atom. The maximum absolute atomic E-state index is 5.59. The van der Waals surface area contributed by atoms with E-state index in [1.807, 2.05) is 26.0 Å². The molecule has 0 aromatic heterocycles. The summed E-state index contributed by atoms with van der Waals surface area (Å²) in [5, 5.41) is 0. The van der Waals surface area contributed by atoms with Crippen molar-refractivity contribution in [2.45, 2.75) is 46.1 Å². The first-order chi connectivity index (χ1) is 6.63. The molecular formula is C13H19O. The normalized spacial score (nSPS) is 12.9. The molecule has 1 heteroatoms. The minimum atomic E-state index is 0.221. The Hall–Kier alpha value is -0.980. The second-order valence-corrected chi connectivity index (χ2v) is 3.95. The highest BCUT2D eigenvalue weighted by Gasteiger charge is 2.05. The number of benzene rings is 1. The van der Waals surface area contributed by atoms with Crippen LogP contribution in [0.25, 0.3) is 0 Å². The van der Waals surface area contributed by atoms with Crippen molar-refractivity contribution in [2.24, 2.45) is 0 Å². The Bertz CT molecular complexity index is 278.